The molecule has 0 unspecified atom stereocenters. The number of amides is 1. The van der Waals surface area contributed by atoms with Gasteiger partial charge in [0.15, 0.2) is 9.84 Å². The summed E-state index contributed by atoms with van der Waals surface area (Å²) in [4.78, 5) is 14.8. The first-order chi connectivity index (χ1) is 10.2. The van der Waals surface area contributed by atoms with E-state index in [4.69, 9.17) is 23.2 Å². The Morgan fingerprint density at radius 3 is 2.68 bits per heavy atom. The molecule has 122 valence electrons. The molecule has 0 spiro atoms. The van der Waals surface area contributed by atoms with Gasteiger partial charge in [0, 0.05) is 23.0 Å². The fraction of sp³-hybridized carbons (Fsp3) is 0.500. The monoisotopic (exact) mass is 381 g/mol. The molecule has 0 aromatic heterocycles. The standard InChI is InChI=1S/C14H17Cl2NO3S2/c1-9(21-13-7-10(15)3-4-12(13)16)14(18)17(2)11-5-6-22(19,20)8-11/h3-4,7,9,11H,5-6,8H2,1-2H3/t9-,11-/m1/s1. The Hall–Kier alpha value is -0.430. The van der Waals surface area contributed by atoms with E-state index in [2.05, 4.69) is 0 Å². The van der Waals surface area contributed by atoms with Crippen molar-refractivity contribution >= 4 is 50.7 Å². The highest BCUT2D eigenvalue weighted by Gasteiger charge is 2.34. The molecular formula is C14H17Cl2NO3S2. The fourth-order valence-corrected chi connectivity index (χ4v) is 5.64. The number of carbonyl (C=O) groups is 1. The fourth-order valence-electron chi connectivity index (χ4n) is 2.36. The first kappa shape index (κ1) is 17.9. The minimum absolute atomic E-state index is 0.0462. The zero-order valence-corrected chi connectivity index (χ0v) is 15.4. The number of thioether (sulfide) groups is 1. The van der Waals surface area contributed by atoms with Crippen LogP contribution >= 0.6 is 35.0 Å². The summed E-state index contributed by atoms with van der Waals surface area (Å²) in [6, 6.07) is 4.86. The Labute approximate surface area is 145 Å². The lowest BCUT2D eigenvalue weighted by atomic mass is 10.2. The van der Waals surface area contributed by atoms with Crippen LogP contribution in [0.5, 0.6) is 0 Å². The summed E-state index contributed by atoms with van der Waals surface area (Å²) < 4.78 is 23.1. The van der Waals surface area contributed by atoms with Crippen LogP contribution in [0, 0.1) is 0 Å². The molecule has 1 fully saturated rings. The maximum absolute atomic E-state index is 12.5. The van der Waals surface area contributed by atoms with Gasteiger partial charge in [-0.15, -0.1) is 11.8 Å². The number of rotatable bonds is 4. The lowest BCUT2D eigenvalue weighted by Crippen LogP contribution is -2.41. The second-order valence-electron chi connectivity index (χ2n) is 5.34. The summed E-state index contributed by atoms with van der Waals surface area (Å²) in [5.41, 5.74) is 0. The second-order valence-corrected chi connectivity index (χ2v) is 9.80. The lowest BCUT2D eigenvalue weighted by molar-refractivity contribution is -0.130. The van der Waals surface area contributed by atoms with Crippen molar-refractivity contribution in [2.75, 3.05) is 18.6 Å². The molecule has 1 aromatic rings. The molecule has 0 saturated carbocycles. The Kier molecular flexibility index (Phi) is 5.69. The first-order valence-electron chi connectivity index (χ1n) is 6.78. The third-order valence-electron chi connectivity index (χ3n) is 3.65. The number of nitrogens with zero attached hydrogens (tertiary/aromatic N) is 1. The van der Waals surface area contributed by atoms with Crippen molar-refractivity contribution < 1.29 is 13.2 Å². The average Bonchev–Trinajstić information content (AvgIpc) is 2.81. The van der Waals surface area contributed by atoms with Crippen LogP contribution in [0.3, 0.4) is 0 Å². The normalized spacial score (nSPS) is 21.5. The molecule has 1 aromatic carbocycles. The van der Waals surface area contributed by atoms with E-state index >= 15 is 0 Å². The van der Waals surface area contributed by atoms with Gasteiger partial charge in [0.05, 0.1) is 21.8 Å². The SMILES string of the molecule is C[C@@H](Sc1cc(Cl)ccc1Cl)C(=O)N(C)[C@@H]1CCS(=O)(=O)C1. The van der Waals surface area contributed by atoms with E-state index in [0.29, 0.717) is 16.5 Å². The van der Waals surface area contributed by atoms with E-state index in [1.807, 2.05) is 0 Å². The van der Waals surface area contributed by atoms with Crippen LogP contribution < -0.4 is 0 Å². The second kappa shape index (κ2) is 6.99. The lowest BCUT2D eigenvalue weighted by Gasteiger charge is -2.26. The molecule has 8 heteroatoms. The van der Waals surface area contributed by atoms with Crippen molar-refractivity contribution in [3.8, 4) is 0 Å². The molecule has 4 nitrogen and oxygen atoms in total. The minimum Gasteiger partial charge on any atom is -0.341 e. The van der Waals surface area contributed by atoms with Gasteiger partial charge in [0.2, 0.25) is 5.91 Å². The first-order valence-corrected chi connectivity index (χ1v) is 10.2. The molecule has 2 atom stereocenters. The number of hydrogen-bond acceptors (Lipinski definition) is 4. The average molecular weight is 382 g/mol. The van der Waals surface area contributed by atoms with Gasteiger partial charge in [-0.1, -0.05) is 23.2 Å². The molecule has 2 rings (SSSR count). The van der Waals surface area contributed by atoms with E-state index < -0.39 is 9.84 Å². The highest BCUT2D eigenvalue weighted by atomic mass is 35.5. The Morgan fingerprint density at radius 2 is 2.09 bits per heavy atom. The van der Waals surface area contributed by atoms with Crippen LogP contribution in [0.4, 0.5) is 0 Å². The molecule has 0 aliphatic carbocycles. The summed E-state index contributed by atoms with van der Waals surface area (Å²) in [6.07, 6.45) is 0.500. The third kappa shape index (κ3) is 4.31. The molecule has 1 saturated heterocycles. The summed E-state index contributed by atoms with van der Waals surface area (Å²) in [5, 5.41) is 0.728. The van der Waals surface area contributed by atoms with Gasteiger partial charge in [-0.05, 0) is 31.5 Å². The van der Waals surface area contributed by atoms with Crippen LogP contribution in [0.25, 0.3) is 0 Å². The van der Waals surface area contributed by atoms with Crippen molar-refractivity contribution in [1.29, 1.82) is 0 Å². The van der Waals surface area contributed by atoms with Gasteiger partial charge in [0.1, 0.15) is 0 Å². The molecule has 1 heterocycles. The highest BCUT2D eigenvalue weighted by molar-refractivity contribution is 8.00. The summed E-state index contributed by atoms with van der Waals surface area (Å²) >= 11 is 13.4. The quantitative estimate of drug-likeness (QED) is 0.751. The number of carbonyl (C=O) groups excluding carboxylic acids is 1. The Morgan fingerprint density at radius 1 is 1.41 bits per heavy atom. The minimum atomic E-state index is -3.01. The van der Waals surface area contributed by atoms with Gasteiger partial charge >= 0.3 is 0 Å². The van der Waals surface area contributed by atoms with Crippen LogP contribution in [0.15, 0.2) is 23.1 Å². The van der Waals surface area contributed by atoms with E-state index in [9.17, 15) is 13.2 Å². The number of hydrogen-bond donors (Lipinski definition) is 0. The largest absolute Gasteiger partial charge is 0.341 e. The zero-order chi connectivity index (χ0) is 16.5. The van der Waals surface area contributed by atoms with E-state index in [-0.39, 0.29) is 28.7 Å². The summed E-state index contributed by atoms with van der Waals surface area (Å²) in [6.45, 7) is 1.78. The molecule has 0 bridgehead atoms. The maximum atomic E-state index is 12.5. The van der Waals surface area contributed by atoms with Gasteiger partial charge in [-0.3, -0.25) is 4.79 Å². The van der Waals surface area contributed by atoms with Crippen LogP contribution in [-0.2, 0) is 14.6 Å². The topological polar surface area (TPSA) is 54.5 Å². The van der Waals surface area contributed by atoms with E-state index in [1.165, 1.54) is 11.8 Å². The van der Waals surface area contributed by atoms with E-state index in [0.717, 1.165) is 4.90 Å². The molecule has 1 aliphatic rings. The van der Waals surface area contributed by atoms with Crippen molar-refractivity contribution in [2.24, 2.45) is 0 Å². The number of sulfone groups is 1. The summed E-state index contributed by atoms with van der Waals surface area (Å²) in [7, 11) is -1.35. The van der Waals surface area contributed by atoms with E-state index in [1.54, 1.807) is 37.1 Å². The molecular weight excluding hydrogens is 365 g/mol. The Balaban J connectivity index is 2.04. The smallest absolute Gasteiger partial charge is 0.235 e. The summed E-state index contributed by atoms with van der Waals surface area (Å²) in [5.74, 6) is 0.0877. The highest BCUT2D eigenvalue weighted by Crippen LogP contribution is 2.33. The predicted octanol–water partition coefficient (Wildman–Crippen LogP) is 3.12. The molecule has 1 amide bonds. The van der Waals surface area contributed by atoms with Crippen LogP contribution in [0.1, 0.15) is 13.3 Å². The van der Waals surface area contributed by atoms with Crippen molar-refractivity contribution in [3.63, 3.8) is 0 Å². The van der Waals surface area contributed by atoms with Crippen LogP contribution in [-0.4, -0.2) is 49.1 Å². The van der Waals surface area contributed by atoms with Gasteiger partial charge in [-0.2, -0.15) is 0 Å². The number of halogens is 2. The van der Waals surface area contributed by atoms with Gasteiger partial charge in [-0.25, -0.2) is 8.42 Å². The van der Waals surface area contributed by atoms with Crippen LogP contribution in [0.2, 0.25) is 10.0 Å². The molecule has 0 N–H and O–H groups in total. The maximum Gasteiger partial charge on any atom is 0.235 e. The zero-order valence-electron chi connectivity index (χ0n) is 12.3. The third-order valence-corrected chi connectivity index (χ3v) is 7.22. The van der Waals surface area contributed by atoms with Crippen molar-refractivity contribution in [3.05, 3.63) is 28.2 Å². The van der Waals surface area contributed by atoms with Gasteiger partial charge < -0.3 is 4.90 Å². The molecule has 22 heavy (non-hydrogen) atoms. The van der Waals surface area contributed by atoms with Gasteiger partial charge in [0.25, 0.3) is 0 Å². The van der Waals surface area contributed by atoms with Crippen molar-refractivity contribution in [1.82, 2.24) is 4.90 Å². The molecule has 0 radical (unpaired) electrons. The number of benzene rings is 1. The van der Waals surface area contributed by atoms with Crippen molar-refractivity contribution in [2.45, 2.75) is 29.5 Å². The molecule has 1 aliphatic heterocycles. The predicted molar refractivity (Wildman–Crippen MR) is 91.6 cm³/mol. The Bertz CT molecular complexity index is 679.